The van der Waals surface area contributed by atoms with Gasteiger partial charge < -0.3 is 14.8 Å². The summed E-state index contributed by atoms with van der Waals surface area (Å²) in [5, 5.41) is 1.45. The monoisotopic (exact) mass is 327 g/mol. The fourth-order valence-electron chi connectivity index (χ4n) is 1.45. The first kappa shape index (κ1) is 19.5. The fraction of sp³-hybridized carbons (Fsp3) is 0. The van der Waals surface area contributed by atoms with Crippen molar-refractivity contribution in [3.8, 4) is 0 Å². The molecule has 0 fully saturated rings. The molecule has 4 N–H and O–H groups in total. The Balaban J connectivity index is 0.000000644. The van der Waals surface area contributed by atoms with E-state index >= 15 is 0 Å². The van der Waals surface area contributed by atoms with Crippen molar-refractivity contribution in [1.29, 1.82) is 0 Å². The van der Waals surface area contributed by atoms with Crippen molar-refractivity contribution >= 4 is 37.9 Å². The molecule has 0 heterocycles. The Labute approximate surface area is 140 Å². The van der Waals surface area contributed by atoms with Crippen LogP contribution >= 0.6 is 0 Å². The molecule has 20 heavy (non-hydrogen) atoms. The van der Waals surface area contributed by atoms with E-state index in [-0.39, 0.29) is 34.5 Å². The maximum atomic E-state index is 10.9. The molecule has 0 saturated heterocycles. The Morgan fingerprint density at radius 1 is 1.20 bits per heavy atom. The quantitative estimate of drug-likeness (QED) is 0.238. The minimum absolute atomic E-state index is 0. The van der Waals surface area contributed by atoms with Gasteiger partial charge in [0.15, 0.2) is 0 Å². The van der Waals surface area contributed by atoms with Gasteiger partial charge in [-0.3, -0.25) is 4.55 Å². The van der Waals surface area contributed by atoms with Crippen LogP contribution in [0.2, 0.25) is 0 Å². The summed E-state index contributed by atoms with van der Waals surface area (Å²) >= 11 is -2.86. The predicted molar refractivity (Wildman–Crippen MR) is 69.7 cm³/mol. The second-order valence-corrected chi connectivity index (χ2v) is 5.28. The minimum atomic E-state index is -4.15. The average molecular weight is 327 g/mol. The molecule has 0 aliphatic heterocycles. The van der Waals surface area contributed by atoms with Crippen molar-refractivity contribution in [3.63, 3.8) is 0 Å². The topological polar surface area (TPSA) is 141 Å². The molecule has 0 aromatic heterocycles. The summed E-state index contributed by atoms with van der Waals surface area (Å²) in [5.74, 6) is 0. The molecule has 0 aliphatic rings. The minimum Gasteiger partial charge on any atom is -0.750 e. The van der Waals surface area contributed by atoms with E-state index in [4.69, 9.17) is 23.6 Å². The van der Waals surface area contributed by atoms with Gasteiger partial charge in [0.25, 0.3) is 10.1 Å². The Kier molecular flexibility index (Phi) is 7.84. The van der Waals surface area contributed by atoms with Crippen LogP contribution in [0.15, 0.2) is 41.3 Å². The number of rotatable bonds is 1. The first-order valence-corrected chi connectivity index (χ1v) is 7.23. The van der Waals surface area contributed by atoms with Crippen LogP contribution in [0, 0.1) is 0 Å². The Morgan fingerprint density at radius 3 is 2.25 bits per heavy atom. The van der Waals surface area contributed by atoms with Crippen LogP contribution < -0.4 is 35.3 Å². The molecule has 0 amide bonds. The number of fused-ring (bicyclic) bond motifs is 1. The Morgan fingerprint density at radius 2 is 1.75 bits per heavy atom. The maximum Gasteiger partial charge on any atom is 1.00 e. The van der Waals surface area contributed by atoms with Gasteiger partial charge in [-0.15, -0.1) is 0 Å². The van der Waals surface area contributed by atoms with Crippen molar-refractivity contribution in [3.05, 3.63) is 36.4 Å². The molecule has 2 aromatic rings. The van der Waals surface area contributed by atoms with Gasteiger partial charge in [0.05, 0.1) is 16.3 Å². The molecule has 0 radical (unpaired) electrons. The average Bonchev–Trinajstić information content (AvgIpc) is 2.27. The first-order valence-electron chi connectivity index (χ1n) is 4.76. The molecule has 0 bridgehead atoms. The number of benzene rings is 2. The zero-order valence-corrected chi connectivity index (χ0v) is 14.0. The van der Waals surface area contributed by atoms with Crippen LogP contribution in [0.3, 0.4) is 0 Å². The molecular formula is C10H10NNaO6S2. The molecular weight excluding hydrogens is 317 g/mol. The third-order valence-corrected chi connectivity index (χ3v) is 3.03. The van der Waals surface area contributed by atoms with Gasteiger partial charge in [-0.2, -0.15) is 8.42 Å². The van der Waals surface area contributed by atoms with E-state index in [0.717, 1.165) is 5.39 Å². The van der Waals surface area contributed by atoms with Gasteiger partial charge in [0, 0.05) is 11.1 Å². The third-order valence-electron chi connectivity index (χ3n) is 2.18. The summed E-state index contributed by atoms with van der Waals surface area (Å²) in [7, 11) is -4.15. The van der Waals surface area contributed by atoms with Crippen LogP contribution in [-0.2, 0) is 21.5 Å². The zero-order valence-electron chi connectivity index (χ0n) is 10.4. The molecule has 104 valence electrons. The standard InChI is InChI=1S/C10H9NO3S.Na.H2O3S/c11-10-3-1-2-7-6-8(15(12,13)14)4-5-9(7)10;;1-4(2)3/h1-6H,11H2,(H,12,13,14);;(H2,1,2,3)/q;+1;/p-1. The number of nitrogens with two attached hydrogens (primary N) is 1. The molecule has 2 aromatic carbocycles. The fourth-order valence-corrected chi connectivity index (χ4v) is 1.96. The Bertz CT molecular complexity index is 715. The first-order chi connectivity index (χ1) is 8.71. The summed E-state index contributed by atoms with van der Waals surface area (Å²) in [6, 6.07) is 9.49. The van der Waals surface area contributed by atoms with Crippen LogP contribution in [0.1, 0.15) is 0 Å². The second-order valence-electron chi connectivity index (χ2n) is 3.42. The van der Waals surface area contributed by atoms with Crippen molar-refractivity contribution in [2.75, 3.05) is 5.73 Å². The van der Waals surface area contributed by atoms with E-state index in [9.17, 15) is 8.42 Å². The second kappa shape index (κ2) is 8.05. The maximum absolute atomic E-state index is 10.9. The molecule has 0 saturated carbocycles. The third kappa shape index (κ3) is 5.85. The molecule has 0 spiro atoms. The zero-order chi connectivity index (χ0) is 14.6. The molecule has 0 aliphatic carbocycles. The summed E-state index contributed by atoms with van der Waals surface area (Å²) in [4.78, 5) is -0.124. The summed E-state index contributed by atoms with van der Waals surface area (Å²) in [6.45, 7) is 0. The van der Waals surface area contributed by atoms with E-state index in [1.165, 1.54) is 12.1 Å². The van der Waals surface area contributed by atoms with Crippen LogP contribution in [-0.4, -0.2) is 26.3 Å². The van der Waals surface area contributed by atoms with Crippen molar-refractivity contribution in [1.82, 2.24) is 0 Å². The van der Waals surface area contributed by atoms with Gasteiger partial charge in [0.2, 0.25) is 0 Å². The molecule has 10 heteroatoms. The number of anilines is 1. The molecule has 1 unspecified atom stereocenters. The summed E-state index contributed by atoms with van der Waals surface area (Å²) in [6.07, 6.45) is 0. The van der Waals surface area contributed by atoms with Crippen molar-refractivity contribution in [2.45, 2.75) is 4.90 Å². The van der Waals surface area contributed by atoms with Crippen LogP contribution in [0.4, 0.5) is 5.69 Å². The summed E-state index contributed by atoms with van der Waals surface area (Å²) < 4.78 is 54.7. The van der Waals surface area contributed by atoms with E-state index in [0.29, 0.717) is 11.1 Å². The molecule has 1 atom stereocenters. The van der Waals surface area contributed by atoms with E-state index in [2.05, 4.69) is 0 Å². The Hall–Kier alpha value is -0.520. The van der Waals surface area contributed by atoms with E-state index in [1.54, 1.807) is 24.3 Å². The van der Waals surface area contributed by atoms with Gasteiger partial charge in [0.1, 0.15) is 0 Å². The van der Waals surface area contributed by atoms with Crippen LogP contribution in [0.5, 0.6) is 0 Å². The van der Waals surface area contributed by atoms with Gasteiger partial charge in [-0.25, -0.2) is 4.21 Å². The van der Waals surface area contributed by atoms with Crippen molar-refractivity contribution in [2.24, 2.45) is 0 Å². The van der Waals surface area contributed by atoms with Crippen molar-refractivity contribution < 1.29 is 55.8 Å². The van der Waals surface area contributed by atoms with E-state index in [1.807, 2.05) is 0 Å². The SMILES string of the molecule is Nc1cccc2cc(S(=O)(=O)O)ccc12.O=S([O-])O.[Na+]. The number of hydrogen-bond acceptors (Lipinski definition) is 5. The largest absolute Gasteiger partial charge is 1.00 e. The van der Waals surface area contributed by atoms with E-state index < -0.39 is 21.5 Å². The van der Waals surface area contributed by atoms with Crippen LogP contribution in [0.25, 0.3) is 10.8 Å². The van der Waals surface area contributed by atoms with Gasteiger partial charge in [-0.1, -0.05) is 18.2 Å². The smallest absolute Gasteiger partial charge is 0.750 e. The summed E-state index contributed by atoms with van der Waals surface area (Å²) in [5.41, 5.74) is 6.28. The van der Waals surface area contributed by atoms with Gasteiger partial charge in [-0.05, 0) is 23.6 Å². The molecule has 7 nitrogen and oxygen atoms in total. The number of hydrogen-bond donors (Lipinski definition) is 3. The molecule has 2 rings (SSSR count). The normalized spacial score (nSPS) is 11.9. The predicted octanol–water partition coefficient (Wildman–Crippen LogP) is -1.99. The number of nitrogen functional groups attached to an aromatic ring is 1. The van der Waals surface area contributed by atoms with Gasteiger partial charge >= 0.3 is 29.6 Å².